The van der Waals surface area contributed by atoms with E-state index in [4.69, 9.17) is 5.11 Å². The molecule has 108 valence electrons. The molecule has 3 heteroatoms. The summed E-state index contributed by atoms with van der Waals surface area (Å²) in [6, 6.07) is 0. The van der Waals surface area contributed by atoms with Crippen LogP contribution < -0.4 is 5.32 Å². The van der Waals surface area contributed by atoms with Crippen molar-refractivity contribution in [2.45, 2.75) is 77.6 Å². The average molecular weight is 257 g/mol. The SMILES string of the molecule is CCCCCCCCCCNCCCCC(=O)O. The van der Waals surface area contributed by atoms with Crippen LogP contribution in [0, 0.1) is 0 Å². The Kier molecular flexibility index (Phi) is 14.0. The summed E-state index contributed by atoms with van der Waals surface area (Å²) in [5, 5.41) is 11.8. The maximum Gasteiger partial charge on any atom is 0.303 e. The second-order valence-electron chi connectivity index (χ2n) is 5.08. The molecule has 0 aromatic carbocycles. The van der Waals surface area contributed by atoms with Crippen LogP contribution in [-0.2, 0) is 4.79 Å². The molecule has 0 aliphatic heterocycles. The molecule has 0 bridgehead atoms. The molecule has 0 radical (unpaired) electrons. The molecular formula is C15H31NO2. The molecule has 0 unspecified atom stereocenters. The van der Waals surface area contributed by atoms with Crippen molar-refractivity contribution in [3.63, 3.8) is 0 Å². The quantitative estimate of drug-likeness (QED) is 0.463. The summed E-state index contributed by atoms with van der Waals surface area (Å²) < 4.78 is 0. The van der Waals surface area contributed by atoms with Crippen molar-refractivity contribution < 1.29 is 9.90 Å². The van der Waals surface area contributed by atoms with Gasteiger partial charge in [-0.3, -0.25) is 4.79 Å². The van der Waals surface area contributed by atoms with Gasteiger partial charge in [0.1, 0.15) is 0 Å². The van der Waals surface area contributed by atoms with Crippen molar-refractivity contribution in [1.82, 2.24) is 5.32 Å². The van der Waals surface area contributed by atoms with E-state index >= 15 is 0 Å². The van der Waals surface area contributed by atoms with E-state index in [0.717, 1.165) is 25.9 Å². The van der Waals surface area contributed by atoms with Crippen LogP contribution in [0.5, 0.6) is 0 Å². The summed E-state index contributed by atoms with van der Waals surface area (Å²) in [5.41, 5.74) is 0. The van der Waals surface area contributed by atoms with Crippen molar-refractivity contribution in [2.75, 3.05) is 13.1 Å². The zero-order chi connectivity index (χ0) is 13.5. The van der Waals surface area contributed by atoms with E-state index in [2.05, 4.69) is 12.2 Å². The molecule has 2 N–H and O–H groups in total. The Morgan fingerprint density at radius 1 is 0.833 bits per heavy atom. The van der Waals surface area contributed by atoms with Crippen LogP contribution in [0.3, 0.4) is 0 Å². The number of carbonyl (C=O) groups is 1. The summed E-state index contributed by atoms with van der Waals surface area (Å²) in [6.45, 7) is 4.30. The van der Waals surface area contributed by atoms with Gasteiger partial charge in [0, 0.05) is 6.42 Å². The van der Waals surface area contributed by atoms with Crippen molar-refractivity contribution in [1.29, 1.82) is 0 Å². The Morgan fingerprint density at radius 2 is 1.33 bits per heavy atom. The summed E-state index contributed by atoms with van der Waals surface area (Å²) in [4.78, 5) is 10.3. The van der Waals surface area contributed by atoms with E-state index in [1.54, 1.807) is 0 Å². The standard InChI is InChI=1S/C15H31NO2/c1-2-3-4-5-6-7-8-10-13-16-14-11-9-12-15(17)18/h16H,2-14H2,1H3,(H,17,18). The zero-order valence-electron chi connectivity index (χ0n) is 12.0. The number of hydrogen-bond donors (Lipinski definition) is 2. The Bertz CT molecular complexity index is 183. The molecule has 0 fully saturated rings. The van der Waals surface area contributed by atoms with Crippen LogP contribution in [-0.4, -0.2) is 24.2 Å². The van der Waals surface area contributed by atoms with E-state index in [0.29, 0.717) is 6.42 Å². The number of unbranched alkanes of at least 4 members (excludes halogenated alkanes) is 8. The molecule has 0 heterocycles. The lowest BCUT2D eigenvalue weighted by Crippen LogP contribution is -2.16. The summed E-state index contributed by atoms with van der Waals surface area (Å²) >= 11 is 0. The maximum atomic E-state index is 10.3. The highest BCUT2D eigenvalue weighted by atomic mass is 16.4. The van der Waals surface area contributed by atoms with Gasteiger partial charge in [-0.2, -0.15) is 0 Å². The predicted octanol–water partition coefficient (Wildman–Crippen LogP) is 3.97. The summed E-state index contributed by atoms with van der Waals surface area (Å²) in [6.07, 6.45) is 12.9. The Morgan fingerprint density at radius 3 is 1.89 bits per heavy atom. The second kappa shape index (κ2) is 14.5. The molecule has 0 aliphatic carbocycles. The molecule has 3 nitrogen and oxygen atoms in total. The number of aliphatic carboxylic acids is 1. The molecule has 18 heavy (non-hydrogen) atoms. The van der Waals surface area contributed by atoms with E-state index in [9.17, 15) is 4.79 Å². The fourth-order valence-corrected chi connectivity index (χ4v) is 2.04. The van der Waals surface area contributed by atoms with E-state index in [-0.39, 0.29) is 0 Å². The van der Waals surface area contributed by atoms with Crippen LogP contribution in [0.1, 0.15) is 77.6 Å². The van der Waals surface area contributed by atoms with Gasteiger partial charge in [0.25, 0.3) is 0 Å². The molecule has 0 spiro atoms. The number of hydrogen-bond acceptors (Lipinski definition) is 2. The van der Waals surface area contributed by atoms with Crippen LogP contribution in [0.25, 0.3) is 0 Å². The molecule has 0 amide bonds. The first-order chi connectivity index (χ1) is 8.77. The fourth-order valence-electron chi connectivity index (χ4n) is 2.04. The predicted molar refractivity (Wildman–Crippen MR) is 77.0 cm³/mol. The highest BCUT2D eigenvalue weighted by Gasteiger charge is 1.96. The zero-order valence-corrected chi connectivity index (χ0v) is 12.0. The number of rotatable bonds is 14. The maximum absolute atomic E-state index is 10.3. The van der Waals surface area contributed by atoms with Crippen LogP contribution >= 0.6 is 0 Å². The van der Waals surface area contributed by atoms with Gasteiger partial charge in [0.2, 0.25) is 0 Å². The van der Waals surface area contributed by atoms with Gasteiger partial charge in [-0.25, -0.2) is 0 Å². The molecule has 0 saturated carbocycles. The highest BCUT2D eigenvalue weighted by Crippen LogP contribution is 2.07. The second-order valence-corrected chi connectivity index (χ2v) is 5.08. The van der Waals surface area contributed by atoms with Gasteiger partial charge in [0.15, 0.2) is 0 Å². The minimum atomic E-state index is -0.682. The first kappa shape index (κ1) is 17.4. The summed E-state index contributed by atoms with van der Waals surface area (Å²) in [5.74, 6) is -0.682. The average Bonchev–Trinajstić information content (AvgIpc) is 2.34. The van der Waals surface area contributed by atoms with Gasteiger partial charge in [-0.05, 0) is 32.4 Å². The Balaban J connectivity index is 2.92. The van der Waals surface area contributed by atoms with E-state index < -0.39 is 5.97 Å². The lowest BCUT2D eigenvalue weighted by Gasteiger charge is -2.04. The molecule has 0 saturated heterocycles. The number of nitrogens with one attached hydrogen (secondary N) is 1. The van der Waals surface area contributed by atoms with Crippen molar-refractivity contribution in [3.05, 3.63) is 0 Å². The highest BCUT2D eigenvalue weighted by molar-refractivity contribution is 5.66. The minimum absolute atomic E-state index is 0.305. The largest absolute Gasteiger partial charge is 0.481 e. The lowest BCUT2D eigenvalue weighted by atomic mass is 10.1. The van der Waals surface area contributed by atoms with Crippen LogP contribution in [0.4, 0.5) is 0 Å². The van der Waals surface area contributed by atoms with Gasteiger partial charge < -0.3 is 10.4 Å². The molecule has 0 aliphatic rings. The Hall–Kier alpha value is -0.570. The van der Waals surface area contributed by atoms with Gasteiger partial charge in [0.05, 0.1) is 0 Å². The van der Waals surface area contributed by atoms with E-state index in [1.807, 2.05) is 0 Å². The normalized spacial score (nSPS) is 10.7. The molecule has 0 atom stereocenters. The van der Waals surface area contributed by atoms with Crippen LogP contribution in [0.2, 0.25) is 0 Å². The molecule has 0 aromatic heterocycles. The topological polar surface area (TPSA) is 49.3 Å². The number of carboxylic acids is 1. The first-order valence-electron chi connectivity index (χ1n) is 7.70. The molecule has 0 aromatic rings. The molecule has 0 rings (SSSR count). The summed E-state index contributed by atoms with van der Waals surface area (Å²) in [7, 11) is 0. The third-order valence-corrected chi connectivity index (χ3v) is 3.20. The Labute approximate surface area is 112 Å². The van der Waals surface area contributed by atoms with Crippen molar-refractivity contribution in [3.8, 4) is 0 Å². The van der Waals surface area contributed by atoms with Gasteiger partial charge in [-0.15, -0.1) is 0 Å². The monoisotopic (exact) mass is 257 g/mol. The van der Waals surface area contributed by atoms with Crippen molar-refractivity contribution in [2.24, 2.45) is 0 Å². The fraction of sp³-hybridized carbons (Fsp3) is 0.933. The van der Waals surface area contributed by atoms with Crippen molar-refractivity contribution >= 4 is 5.97 Å². The van der Waals surface area contributed by atoms with Gasteiger partial charge in [-0.1, -0.05) is 51.9 Å². The third kappa shape index (κ3) is 15.4. The molecular weight excluding hydrogens is 226 g/mol. The lowest BCUT2D eigenvalue weighted by molar-refractivity contribution is -0.137. The third-order valence-electron chi connectivity index (χ3n) is 3.20. The smallest absolute Gasteiger partial charge is 0.303 e. The number of carboxylic acid groups (broad SMARTS) is 1. The van der Waals surface area contributed by atoms with Crippen LogP contribution in [0.15, 0.2) is 0 Å². The first-order valence-corrected chi connectivity index (χ1v) is 7.70. The minimum Gasteiger partial charge on any atom is -0.481 e. The van der Waals surface area contributed by atoms with Gasteiger partial charge >= 0.3 is 5.97 Å². The van der Waals surface area contributed by atoms with E-state index in [1.165, 1.54) is 51.4 Å².